The highest BCUT2D eigenvalue weighted by molar-refractivity contribution is 9.11. The van der Waals surface area contributed by atoms with Crippen molar-refractivity contribution in [2.24, 2.45) is 0 Å². The maximum absolute atomic E-state index is 11.7. The molecule has 0 amide bonds. The molecule has 0 unspecified atom stereocenters. The van der Waals surface area contributed by atoms with Gasteiger partial charge < -0.3 is 4.74 Å². The first-order chi connectivity index (χ1) is 7.75. The van der Waals surface area contributed by atoms with Crippen molar-refractivity contribution in [1.82, 2.24) is 0 Å². The predicted molar refractivity (Wildman–Crippen MR) is 66.5 cm³/mol. The Morgan fingerprint density at radius 1 is 1.31 bits per heavy atom. The molecule has 2 rings (SSSR count). The Hall–Kier alpha value is -1.09. The molecule has 0 N–H and O–H groups in total. The number of rotatable bonds is 2. The standard InChI is InChI=1S/C13H13BrO2/c14-11-6-8-12(9-7-11)16-13(15)10-4-2-1-3-5-10/h1-6,12H,7-9H2/t12-/m0/s1. The Morgan fingerprint density at radius 2 is 2.06 bits per heavy atom. The second-order valence-corrected chi connectivity index (χ2v) is 4.84. The number of hydrogen-bond donors (Lipinski definition) is 0. The van der Waals surface area contributed by atoms with Crippen molar-refractivity contribution in [2.75, 3.05) is 0 Å². The highest BCUT2D eigenvalue weighted by atomic mass is 79.9. The van der Waals surface area contributed by atoms with E-state index in [1.807, 2.05) is 18.2 Å². The number of benzene rings is 1. The van der Waals surface area contributed by atoms with Crippen LogP contribution in [-0.4, -0.2) is 12.1 Å². The SMILES string of the molecule is O=C(O[C@H]1CC=C(Br)CC1)c1ccccc1. The summed E-state index contributed by atoms with van der Waals surface area (Å²) in [6, 6.07) is 9.12. The zero-order valence-corrected chi connectivity index (χ0v) is 10.4. The number of hydrogen-bond acceptors (Lipinski definition) is 2. The molecule has 0 bridgehead atoms. The average Bonchev–Trinajstić information content (AvgIpc) is 2.33. The number of ether oxygens (including phenoxy) is 1. The highest BCUT2D eigenvalue weighted by Gasteiger charge is 2.18. The second kappa shape index (κ2) is 5.30. The molecule has 1 aliphatic rings. The maximum atomic E-state index is 11.7. The largest absolute Gasteiger partial charge is 0.458 e. The summed E-state index contributed by atoms with van der Waals surface area (Å²) in [4.78, 5) is 11.7. The summed E-state index contributed by atoms with van der Waals surface area (Å²) in [6.45, 7) is 0. The zero-order valence-electron chi connectivity index (χ0n) is 8.86. The van der Waals surface area contributed by atoms with E-state index in [0.717, 1.165) is 19.3 Å². The summed E-state index contributed by atoms with van der Waals surface area (Å²) in [6.07, 6.45) is 4.75. The van der Waals surface area contributed by atoms with Crippen molar-refractivity contribution in [3.63, 3.8) is 0 Å². The molecule has 2 nitrogen and oxygen atoms in total. The van der Waals surface area contributed by atoms with Crippen LogP contribution in [0.3, 0.4) is 0 Å². The van der Waals surface area contributed by atoms with Gasteiger partial charge in [0.1, 0.15) is 6.10 Å². The van der Waals surface area contributed by atoms with E-state index < -0.39 is 0 Å². The van der Waals surface area contributed by atoms with Crippen LogP contribution in [0.1, 0.15) is 29.6 Å². The Labute approximate surface area is 103 Å². The lowest BCUT2D eigenvalue weighted by atomic mass is 10.0. The van der Waals surface area contributed by atoms with Crippen molar-refractivity contribution in [1.29, 1.82) is 0 Å². The molecule has 0 aromatic heterocycles. The highest BCUT2D eigenvalue weighted by Crippen LogP contribution is 2.24. The molecule has 0 radical (unpaired) electrons. The molecule has 1 aromatic carbocycles. The monoisotopic (exact) mass is 280 g/mol. The molecule has 0 heterocycles. The van der Waals surface area contributed by atoms with E-state index in [9.17, 15) is 4.79 Å². The van der Waals surface area contributed by atoms with E-state index in [1.165, 1.54) is 4.48 Å². The van der Waals surface area contributed by atoms with Crippen LogP contribution >= 0.6 is 15.9 Å². The lowest BCUT2D eigenvalue weighted by molar-refractivity contribution is 0.0282. The molecular formula is C13H13BrO2. The van der Waals surface area contributed by atoms with Gasteiger partial charge in [-0.05, 0) is 29.5 Å². The first-order valence-corrected chi connectivity index (χ1v) is 6.15. The number of esters is 1. The molecule has 0 fully saturated rings. The topological polar surface area (TPSA) is 26.3 Å². The third-order valence-electron chi connectivity index (χ3n) is 2.59. The molecule has 84 valence electrons. The molecule has 0 saturated carbocycles. The smallest absolute Gasteiger partial charge is 0.338 e. The van der Waals surface area contributed by atoms with E-state index in [1.54, 1.807) is 12.1 Å². The second-order valence-electron chi connectivity index (χ2n) is 3.82. The van der Waals surface area contributed by atoms with E-state index in [-0.39, 0.29) is 12.1 Å². The summed E-state index contributed by atoms with van der Waals surface area (Å²) < 4.78 is 6.63. The van der Waals surface area contributed by atoms with E-state index in [0.29, 0.717) is 5.56 Å². The Morgan fingerprint density at radius 3 is 2.69 bits per heavy atom. The van der Waals surface area contributed by atoms with Gasteiger partial charge in [-0.3, -0.25) is 0 Å². The van der Waals surface area contributed by atoms with Gasteiger partial charge in [0.15, 0.2) is 0 Å². The van der Waals surface area contributed by atoms with Crippen LogP contribution in [0.4, 0.5) is 0 Å². The molecule has 16 heavy (non-hydrogen) atoms. The van der Waals surface area contributed by atoms with Crippen molar-refractivity contribution in [3.05, 3.63) is 46.5 Å². The van der Waals surface area contributed by atoms with Gasteiger partial charge in [-0.1, -0.05) is 40.2 Å². The molecule has 1 atom stereocenters. The Balaban J connectivity index is 1.94. The number of halogens is 1. The minimum Gasteiger partial charge on any atom is -0.458 e. The third-order valence-corrected chi connectivity index (χ3v) is 3.31. The fourth-order valence-electron chi connectivity index (χ4n) is 1.68. The molecule has 0 saturated heterocycles. The minimum absolute atomic E-state index is 0.0222. The summed E-state index contributed by atoms with van der Waals surface area (Å²) in [5.41, 5.74) is 0.621. The number of carbonyl (C=O) groups excluding carboxylic acids is 1. The summed E-state index contributed by atoms with van der Waals surface area (Å²) in [5.74, 6) is -0.225. The van der Waals surface area contributed by atoms with Gasteiger partial charge in [0.05, 0.1) is 5.56 Å². The maximum Gasteiger partial charge on any atom is 0.338 e. The zero-order chi connectivity index (χ0) is 11.4. The van der Waals surface area contributed by atoms with Gasteiger partial charge in [0, 0.05) is 6.42 Å². The molecular weight excluding hydrogens is 268 g/mol. The fraction of sp³-hybridized carbons (Fsp3) is 0.308. The van der Waals surface area contributed by atoms with E-state index in [2.05, 4.69) is 22.0 Å². The van der Waals surface area contributed by atoms with E-state index >= 15 is 0 Å². The van der Waals surface area contributed by atoms with Crippen LogP contribution in [0.15, 0.2) is 40.9 Å². The van der Waals surface area contributed by atoms with Crippen LogP contribution in [0, 0.1) is 0 Å². The molecule has 3 heteroatoms. The van der Waals surface area contributed by atoms with Crippen LogP contribution in [0.2, 0.25) is 0 Å². The number of allylic oxidation sites excluding steroid dienone is 1. The van der Waals surface area contributed by atoms with Crippen molar-refractivity contribution in [3.8, 4) is 0 Å². The van der Waals surface area contributed by atoms with Crippen molar-refractivity contribution < 1.29 is 9.53 Å². The quantitative estimate of drug-likeness (QED) is 0.773. The van der Waals surface area contributed by atoms with Gasteiger partial charge in [0.25, 0.3) is 0 Å². The van der Waals surface area contributed by atoms with Gasteiger partial charge in [-0.15, -0.1) is 0 Å². The molecule has 0 spiro atoms. The third kappa shape index (κ3) is 2.95. The van der Waals surface area contributed by atoms with E-state index in [4.69, 9.17) is 4.74 Å². The first kappa shape index (κ1) is 11.4. The van der Waals surface area contributed by atoms with Crippen LogP contribution < -0.4 is 0 Å². The summed E-state index contributed by atoms with van der Waals surface area (Å²) in [7, 11) is 0. The molecule has 1 aliphatic carbocycles. The number of carbonyl (C=O) groups is 1. The minimum atomic E-state index is -0.225. The average molecular weight is 281 g/mol. The van der Waals surface area contributed by atoms with Crippen LogP contribution in [0.5, 0.6) is 0 Å². The fourth-order valence-corrected chi connectivity index (χ4v) is 2.09. The van der Waals surface area contributed by atoms with Crippen LogP contribution in [-0.2, 0) is 4.74 Å². The van der Waals surface area contributed by atoms with Crippen LogP contribution in [0.25, 0.3) is 0 Å². The molecule has 1 aromatic rings. The van der Waals surface area contributed by atoms with Gasteiger partial charge in [-0.25, -0.2) is 4.79 Å². The van der Waals surface area contributed by atoms with Crippen molar-refractivity contribution >= 4 is 21.9 Å². The Kier molecular flexibility index (Phi) is 3.78. The normalized spacial score (nSPS) is 20.1. The predicted octanol–water partition coefficient (Wildman–Crippen LogP) is 3.67. The first-order valence-electron chi connectivity index (χ1n) is 5.36. The Bertz CT molecular complexity index is 398. The van der Waals surface area contributed by atoms with Crippen molar-refractivity contribution in [2.45, 2.75) is 25.4 Å². The lowest BCUT2D eigenvalue weighted by Crippen LogP contribution is -2.19. The van der Waals surface area contributed by atoms with Gasteiger partial charge in [-0.2, -0.15) is 0 Å². The van der Waals surface area contributed by atoms with Gasteiger partial charge >= 0.3 is 5.97 Å². The summed E-state index contributed by atoms with van der Waals surface area (Å²) >= 11 is 3.45. The summed E-state index contributed by atoms with van der Waals surface area (Å²) in [5, 5.41) is 0. The molecule has 0 aliphatic heterocycles. The van der Waals surface area contributed by atoms with Gasteiger partial charge in [0.2, 0.25) is 0 Å². The lowest BCUT2D eigenvalue weighted by Gasteiger charge is -2.20.